The molecule has 3 N–H and O–H groups in total. The molecule has 0 amide bonds. The molecule has 0 saturated heterocycles. The molecule has 26 nitrogen and oxygen atoms in total. The zero-order valence-electron chi connectivity index (χ0n) is 78.2. The van der Waals surface area contributed by atoms with Crippen LogP contribution in [0, 0.1) is 5.92 Å². The van der Waals surface area contributed by atoms with Crippen molar-refractivity contribution in [2.24, 2.45) is 5.92 Å². The third-order valence-electron chi connectivity index (χ3n) is 20.2. The lowest BCUT2D eigenvalue weighted by Gasteiger charge is -2.27. The molecule has 8 rings (SSSR count). The first-order valence-electron chi connectivity index (χ1n) is 42.3. The number of esters is 7. The van der Waals surface area contributed by atoms with E-state index < -0.39 is 66.6 Å². The molecule has 0 radical (unpaired) electrons. The van der Waals surface area contributed by atoms with Crippen molar-refractivity contribution in [2.45, 2.75) is 175 Å². The van der Waals surface area contributed by atoms with Crippen molar-refractivity contribution in [2.75, 3.05) is 110 Å². The van der Waals surface area contributed by atoms with E-state index in [-0.39, 0.29) is 157 Å². The number of hydrogen-bond acceptors (Lipinski definition) is 26. The number of halogens is 4. The summed E-state index contributed by atoms with van der Waals surface area (Å²) in [5.41, 5.74) is 7.87. The van der Waals surface area contributed by atoms with Gasteiger partial charge in [0.15, 0.2) is 12.2 Å². The molecule has 726 valence electrons. The van der Waals surface area contributed by atoms with Crippen LogP contribution in [-0.4, -0.2) is 210 Å². The number of alkyl halides is 4. The van der Waals surface area contributed by atoms with Gasteiger partial charge in [-0.25, -0.2) is 0 Å². The Morgan fingerprint density at radius 2 is 0.455 bits per heavy atom. The second kappa shape index (κ2) is 59.7. The van der Waals surface area contributed by atoms with Crippen LogP contribution in [0.1, 0.15) is 155 Å². The van der Waals surface area contributed by atoms with E-state index in [9.17, 15) is 43.8 Å². The minimum atomic E-state index is -0.893. The van der Waals surface area contributed by atoms with Crippen molar-refractivity contribution in [1.29, 1.82) is 0 Å². The van der Waals surface area contributed by atoms with Crippen LogP contribution in [0.5, 0.6) is 46.0 Å². The summed E-state index contributed by atoms with van der Waals surface area (Å²) < 4.78 is 85.8. The molecule has 8 aromatic rings. The molecule has 0 bridgehead atoms. The van der Waals surface area contributed by atoms with Crippen LogP contribution in [0.25, 0.3) is 0 Å². The van der Waals surface area contributed by atoms with Gasteiger partial charge in [-0.3, -0.25) is 33.6 Å². The summed E-state index contributed by atoms with van der Waals surface area (Å²) in [4.78, 5) is 77.6. The number of aliphatic hydroxyl groups excluding tert-OH is 3. The van der Waals surface area contributed by atoms with Crippen LogP contribution in [0.2, 0.25) is 0 Å². The fraction of sp³-hybridized carbons (Fsp3) is 0.450. The molecule has 8 aromatic carbocycles. The normalized spacial score (nSPS) is 12.9. The smallest absolute Gasteiger partial charge is 0.303 e. The molecule has 0 aromatic heterocycles. The quantitative estimate of drug-likeness (QED) is 0.0181. The van der Waals surface area contributed by atoms with Crippen LogP contribution in [0.3, 0.4) is 0 Å². The summed E-state index contributed by atoms with van der Waals surface area (Å²) in [6, 6.07) is 62.3. The van der Waals surface area contributed by atoms with E-state index in [0.717, 1.165) is 44.7 Å². The Kier molecular flexibility index (Phi) is 52.6. The van der Waals surface area contributed by atoms with Gasteiger partial charge in [0, 0.05) is 89.0 Å². The van der Waals surface area contributed by atoms with Gasteiger partial charge in [0.05, 0.1) is 37.5 Å². The first kappa shape index (κ1) is 116. The summed E-state index contributed by atoms with van der Waals surface area (Å²) in [6.45, 7) is 29.7. The molecule has 0 spiro atoms. The zero-order chi connectivity index (χ0) is 96.2. The number of ether oxygens (including phenoxy) is 16. The summed E-state index contributed by atoms with van der Waals surface area (Å²) in [7, 11) is 1.55. The Labute approximate surface area is 810 Å². The minimum Gasteiger partial charge on any atom is -0.493 e. The van der Waals surface area contributed by atoms with E-state index in [2.05, 4.69) is 74.4 Å². The van der Waals surface area contributed by atoms with Crippen LogP contribution in [0.4, 0.5) is 0 Å². The molecule has 0 heterocycles. The largest absolute Gasteiger partial charge is 0.493 e. The summed E-state index contributed by atoms with van der Waals surface area (Å²) in [6.07, 6.45) is -4.40. The van der Waals surface area contributed by atoms with Gasteiger partial charge >= 0.3 is 41.8 Å². The predicted molar refractivity (Wildman–Crippen MR) is 519 cm³/mol. The maximum atomic E-state index is 11.3. The van der Waals surface area contributed by atoms with Crippen molar-refractivity contribution in [3.05, 3.63) is 239 Å². The molecule has 0 saturated carbocycles. The zero-order valence-corrected chi connectivity index (χ0v) is 83.2. The number of aliphatic hydroxyl groups is 3. The van der Waals surface area contributed by atoms with Gasteiger partial charge in [-0.2, -0.15) is 27.0 Å². The Bertz CT molecular complexity index is 4680. The van der Waals surface area contributed by atoms with E-state index in [0.29, 0.717) is 58.7 Å². The highest BCUT2D eigenvalue weighted by Gasteiger charge is 2.29. The number of hydrogen-bond donors (Lipinski definition) is 3. The molecule has 0 fully saturated rings. The first-order chi connectivity index (χ1) is 61.6. The van der Waals surface area contributed by atoms with Crippen molar-refractivity contribution < 1.29 is 125 Å². The number of rotatable bonds is 48. The van der Waals surface area contributed by atoms with Crippen molar-refractivity contribution in [1.82, 2.24) is 0 Å². The highest BCUT2D eigenvalue weighted by Crippen LogP contribution is 2.38. The standard InChI is InChI=1S/C27H33ClO8.C26H33ClO7.C24H31ClO5.C23H29ClO6.2H2S/c1-18(29)32-16-26(36-20(3)31)17-34-24-12-8-22(9-13-24)27(4,5)21-6-10-23(11-7-21)33-15-25(14-28)35-19(2)30;1-18(28)33-24(14-27)16-31-22-10-6-20(7-11-22)26(3,4)21-8-12-23(13-9-21)32-17-25(15-30-5)34-19(2)29;1-17(13-25)14-29-22-9-5-19(6-10-22)24(3,4)20-7-11-23(12-8-20)30-16-21(27)15-28-18(2)26;1-16(26)30-22(12-24)15-29-21-10-6-18(7-11-21)23(2,3)17-4-8-20(9-5-17)28-14-19(27)13-25;;/h6-13,25-26H,14-17H2,1-5H3;6-13,24-25H,14-17H2,1-5H3;5-12,17,21,27H,13-16H2,1-4H3;4-11,19,22,25,27H,12-15H2,1-3H3;2*1H2/t25-,26-;24-,25+;17-,21-;19-,22-;;/m1111../s1. The third-order valence-corrected chi connectivity index (χ3v) is 21.7. The average Bonchev–Trinajstić information content (AvgIpc) is 0.816. The van der Waals surface area contributed by atoms with Gasteiger partial charge in [-0.05, 0) is 142 Å². The molecule has 0 aliphatic carbocycles. The topological polar surface area (TPSA) is 328 Å². The summed E-state index contributed by atoms with van der Waals surface area (Å²) in [5.74, 6) is 3.85. The average molecular weight is 1950 g/mol. The molecule has 132 heavy (non-hydrogen) atoms. The summed E-state index contributed by atoms with van der Waals surface area (Å²) >= 11 is 23.3. The number of carbonyl (C=O) groups excluding carboxylic acids is 7. The highest BCUT2D eigenvalue weighted by atomic mass is 35.5. The SMILES string of the molecule is CC(=O)OC[C@@H](O)COc1ccc(C(C)(C)c2ccc(OC[C@H](C)CCl)cc2)cc1.CC(=O)OC[C@H](COc1ccc(C(C)(C)c2ccc(OC[C@@H](CCl)OC(C)=O)cc2)cc1)OC(C)=O.CC(=O)O[C@H](CCl)COc1ccc(C(C)(C)c2ccc(OC[C@H](O)CO)cc2)cc1.COC[C@@H](COc1ccc(C(C)(C)c2ccc(OC[C@@H](CCl)OC(C)=O)cc2)cc1)OC(C)=O.S.S. The Hall–Kier alpha value is -9.85. The predicted octanol–water partition coefficient (Wildman–Crippen LogP) is 17.0. The van der Waals surface area contributed by atoms with Crippen molar-refractivity contribution in [3.8, 4) is 46.0 Å². The van der Waals surface area contributed by atoms with E-state index in [1.165, 1.54) is 54.0 Å². The molecule has 0 aliphatic rings. The fourth-order valence-electron chi connectivity index (χ4n) is 12.5. The fourth-order valence-corrected chi connectivity index (χ4v) is 13.0. The van der Waals surface area contributed by atoms with Gasteiger partial charge in [0.1, 0.15) is 136 Å². The maximum Gasteiger partial charge on any atom is 0.303 e. The second-order valence-corrected chi connectivity index (χ2v) is 33.8. The Morgan fingerprint density at radius 1 is 0.265 bits per heavy atom. The second-order valence-electron chi connectivity index (χ2n) is 32.6. The first-order valence-corrected chi connectivity index (χ1v) is 44.5. The van der Waals surface area contributed by atoms with Gasteiger partial charge in [-0.15, -0.1) is 46.4 Å². The highest BCUT2D eigenvalue weighted by molar-refractivity contribution is 7.59. The third kappa shape index (κ3) is 42.2. The number of benzene rings is 8. The van der Waals surface area contributed by atoms with Gasteiger partial charge in [0.2, 0.25) is 0 Å². The lowest BCUT2D eigenvalue weighted by molar-refractivity contribution is -0.158. The van der Waals surface area contributed by atoms with Gasteiger partial charge in [-0.1, -0.05) is 159 Å². The van der Waals surface area contributed by atoms with Crippen LogP contribution in [-0.2, 0) is 93.1 Å². The lowest BCUT2D eigenvalue weighted by Crippen LogP contribution is -2.29. The van der Waals surface area contributed by atoms with E-state index in [1.807, 2.05) is 182 Å². The summed E-state index contributed by atoms with van der Waals surface area (Å²) in [5, 5.41) is 28.0. The number of carbonyl (C=O) groups is 7. The Balaban J connectivity index is 0.000000452. The molecular formula is C100H130Cl4O26S2. The maximum absolute atomic E-state index is 11.3. The van der Waals surface area contributed by atoms with Crippen LogP contribution >= 0.6 is 73.4 Å². The Morgan fingerprint density at radius 3 is 0.652 bits per heavy atom. The number of methoxy groups -OCH3 is 1. The van der Waals surface area contributed by atoms with Crippen molar-refractivity contribution in [3.63, 3.8) is 0 Å². The van der Waals surface area contributed by atoms with Crippen molar-refractivity contribution >= 4 is 115 Å². The molecule has 0 aliphatic heterocycles. The van der Waals surface area contributed by atoms with Crippen LogP contribution < -0.4 is 37.9 Å². The lowest BCUT2D eigenvalue weighted by atomic mass is 9.78. The van der Waals surface area contributed by atoms with E-state index >= 15 is 0 Å². The van der Waals surface area contributed by atoms with Gasteiger partial charge < -0.3 is 91.1 Å². The molecule has 8 atom stereocenters. The monoisotopic (exact) mass is 1950 g/mol. The molecule has 0 unspecified atom stereocenters. The van der Waals surface area contributed by atoms with E-state index in [1.54, 1.807) is 7.11 Å². The molecular weight excluding hydrogens is 1820 g/mol. The van der Waals surface area contributed by atoms with Gasteiger partial charge in [0.25, 0.3) is 0 Å². The minimum absolute atomic E-state index is 0. The van der Waals surface area contributed by atoms with E-state index in [4.69, 9.17) is 127 Å². The van der Waals surface area contributed by atoms with Crippen LogP contribution in [0.15, 0.2) is 194 Å². The molecule has 32 heteroatoms.